The Hall–Kier alpha value is -3.14. The summed E-state index contributed by atoms with van der Waals surface area (Å²) in [6.45, 7) is 3.14. The highest BCUT2D eigenvalue weighted by Gasteiger charge is 2.53. The molecule has 2 aromatic rings. The molecule has 14 heteroatoms. The zero-order valence-electron chi connectivity index (χ0n) is 23.9. The molecule has 5 N–H and O–H groups in total. The molecule has 238 valence electrons. The van der Waals surface area contributed by atoms with Crippen molar-refractivity contribution in [3.63, 3.8) is 0 Å². The van der Waals surface area contributed by atoms with Crippen LogP contribution in [0.5, 0.6) is 5.75 Å². The molecule has 3 aliphatic rings. The lowest BCUT2D eigenvalue weighted by Crippen LogP contribution is -2.67. The number of nitrogens with one attached hydrogen (secondary N) is 1. The van der Waals surface area contributed by atoms with Crippen LogP contribution in [0.4, 0.5) is 4.39 Å². The molecule has 12 nitrogen and oxygen atoms in total. The Bertz CT molecular complexity index is 1410. The van der Waals surface area contributed by atoms with E-state index >= 15 is 0 Å². The molecule has 0 unspecified atom stereocenters. The summed E-state index contributed by atoms with van der Waals surface area (Å²) in [5.74, 6) is -1.49. The van der Waals surface area contributed by atoms with Gasteiger partial charge in [-0.1, -0.05) is 35.0 Å². The second-order valence-corrected chi connectivity index (χ2v) is 11.3. The van der Waals surface area contributed by atoms with Gasteiger partial charge >= 0.3 is 0 Å². The Balaban J connectivity index is 1.15. The quantitative estimate of drug-likeness (QED) is 0.155. The largest absolute Gasteiger partial charge is 0.462 e. The number of carbonyl (C=O) groups is 1. The van der Waals surface area contributed by atoms with E-state index in [1.807, 2.05) is 6.07 Å². The van der Waals surface area contributed by atoms with Crippen LogP contribution in [-0.2, 0) is 30.4 Å². The van der Waals surface area contributed by atoms with Gasteiger partial charge in [-0.15, -0.1) is 0 Å². The zero-order chi connectivity index (χ0) is 31.5. The molecule has 0 aromatic heterocycles. The predicted molar refractivity (Wildman–Crippen MR) is 154 cm³/mol. The number of amides is 1. The standard InChI is InChI=1S/C30H34ClFN2O10/c1-14(30(39)33-23-24(36)26(38)29-28(25(23)37)40-13-41-29)8-16-6-7-21(19(32)10-16)43-22-11-20(35)27(44-22)15(2)34-42-12-17-4-3-5-18(31)9-17/h3-10,20,22-29,35-38H,11-13H2,1-2H3,(H,33,39)/t20-,22-,23-,24+,25-,26-,27-,28+,29-/m1/s1. The number of hydrogen-bond acceptors (Lipinski definition) is 11. The highest BCUT2D eigenvalue weighted by atomic mass is 35.5. The van der Waals surface area contributed by atoms with E-state index in [9.17, 15) is 29.6 Å². The van der Waals surface area contributed by atoms with Gasteiger partial charge in [-0.05, 0) is 55.3 Å². The summed E-state index contributed by atoms with van der Waals surface area (Å²) >= 11 is 5.97. The molecule has 2 aliphatic heterocycles. The molecule has 0 bridgehead atoms. The maximum atomic E-state index is 15.0. The van der Waals surface area contributed by atoms with Gasteiger partial charge in [0.25, 0.3) is 0 Å². The second kappa shape index (κ2) is 13.9. The van der Waals surface area contributed by atoms with Gasteiger partial charge in [0.1, 0.15) is 50.0 Å². The lowest BCUT2D eigenvalue weighted by molar-refractivity contribution is -0.155. The molecule has 2 saturated heterocycles. The Morgan fingerprint density at radius 2 is 1.84 bits per heavy atom. The van der Waals surface area contributed by atoms with Gasteiger partial charge in [0, 0.05) is 17.0 Å². The number of carbonyl (C=O) groups excluding carboxylic acids is 1. The van der Waals surface area contributed by atoms with Crippen LogP contribution in [0.15, 0.2) is 53.2 Å². The van der Waals surface area contributed by atoms with Crippen LogP contribution in [0.3, 0.4) is 0 Å². The first kappa shape index (κ1) is 32.3. The third-order valence-electron chi connectivity index (χ3n) is 7.68. The first-order chi connectivity index (χ1) is 21.0. The van der Waals surface area contributed by atoms with E-state index in [0.717, 1.165) is 11.6 Å². The number of nitrogens with zero attached hydrogens (tertiary/aromatic N) is 1. The summed E-state index contributed by atoms with van der Waals surface area (Å²) in [7, 11) is 0. The highest BCUT2D eigenvalue weighted by Crippen LogP contribution is 2.31. The van der Waals surface area contributed by atoms with Crippen LogP contribution in [-0.4, -0.2) is 93.9 Å². The van der Waals surface area contributed by atoms with Crippen LogP contribution in [0.1, 0.15) is 31.4 Å². The van der Waals surface area contributed by atoms with Crippen molar-refractivity contribution in [2.75, 3.05) is 6.79 Å². The smallest absolute Gasteiger partial charge is 0.247 e. The van der Waals surface area contributed by atoms with E-state index in [2.05, 4.69) is 10.5 Å². The van der Waals surface area contributed by atoms with Crippen LogP contribution < -0.4 is 10.1 Å². The van der Waals surface area contributed by atoms with E-state index < -0.39 is 66.8 Å². The van der Waals surface area contributed by atoms with Crippen LogP contribution >= 0.6 is 11.6 Å². The number of aliphatic hydroxyl groups is 4. The summed E-state index contributed by atoms with van der Waals surface area (Å²) < 4.78 is 36.9. The fourth-order valence-corrected chi connectivity index (χ4v) is 5.56. The molecule has 2 heterocycles. The molecule has 1 amide bonds. The number of fused-ring (bicyclic) bond motifs is 1. The van der Waals surface area contributed by atoms with Crippen molar-refractivity contribution in [2.24, 2.45) is 5.16 Å². The highest BCUT2D eigenvalue weighted by molar-refractivity contribution is 6.30. The molecule has 2 aromatic carbocycles. The van der Waals surface area contributed by atoms with Crippen molar-refractivity contribution in [2.45, 2.75) is 81.9 Å². The average Bonchev–Trinajstić information content (AvgIpc) is 3.62. The number of ether oxygens (including phenoxy) is 4. The Kier molecular flexibility index (Phi) is 10.2. The number of halogens is 2. The monoisotopic (exact) mass is 636 g/mol. The van der Waals surface area contributed by atoms with Gasteiger partial charge in [0.2, 0.25) is 12.2 Å². The summed E-state index contributed by atoms with van der Waals surface area (Å²) in [6, 6.07) is 9.96. The van der Waals surface area contributed by atoms with Crippen molar-refractivity contribution in [3.05, 3.63) is 70.0 Å². The summed E-state index contributed by atoms with van der Waals surface area (Å²) in [5.41, 5.74) is 1.69. The molecular weight excluding hydrogens is 603 g/mol. The molecule has 0 spiro atoms. The van der Waals surface area contributed by atoms with Crippen LogP contribution in [0.25, 0.3) is 6.08 Å². The average molecular weight is 637 g/mol. The van der Waals surface area contributed by atoms with Crippen molar-refractivity contribution in [1.29, 1.82) is 0 Å². The van der Waals surface area contributed by atoms with Crippen LogP contribution in [0, 0.1) is 5.82 Å². The molecule has 1 saturated carbocycles. The Morgan fingerprint density at radius 1 is 1.09 bits per heavy atom. The van der Waals surface area contributed by atoms with Gasteiger partial charge in [-0.2, -0.15) is 0 Å². The maximum absolute atomic E-state index is 15.0. The molecule has 5 rings (SSSR count). The second-order valence-electron chi connectivity index (χ2n) is 10.9. The summed E-state index contributed by atoms with van der Waals surface area (Å²) in [6.07, 6.45) is -7.24. The first-order valence-corrected chi connectivity index (χ1v) is 14.4. The number of benzene rings is 2. The van der Waals surface area contributed by atoms with Crippen LogP contribution in [0.2, 0.25) is 5.02 Å². The number of aliphatic hydroxyl groups excluding tert-OH is 4. The first-order valence-electron chi connectivity index (χ1n) is 14.0. The molecular formula is C30H34ClFN2O10. The fourth-order valence-electron chi connectivity index (χ4n) is 5.35. The summed E-state index contributed by atoms with van der Waals surface area (Å²) in [5, 5.41) is 48.9. The van der Waals surface area contributed by atoms with E-state index in [1.54, 1.807) is 25.1 Å². The minimum atomic E-state index is -1.49. The molecule has 3 fully saturated rings. The SMILES string of the molecule is CC(=Cc1ccc(O[C@H]2C[C@@H](O)[C@@H](C(C)=NOCc3cccc(Cl)c3)O2)c(F)c1)C(=O)N[C@@H]1[C@H](O)[C@@H](O)[C@H]2OCO[C@H]2[C@@H]1O. The molecule has 0 radical (unpaired) electrons. The van der Waals surface area contributed by atoms with E-state index in [4.69, 9.17) is 35.4 Å². The lowest BCUT2D eigenvalue weighted by Gasteiger charge is -2.41. The third-order valence-corrected chi connectivity index (χ3v) is 7.91. The fraction of sp³-hybridized carbons (Fsp3) is 0.467. The molecule has 9 atom stereocenters. The minimum absolute atomic E-state index is 0.0680. The third kappa shape index (κ3) is 7.22. The van der Waals surface area contributed by atoms with Crippen molar-refractivity contribution in [3.8, 4) is 5.75 Å². The number of hydrogen-bond donors (Lipinski definition) is 5. The predicted octanol–water partition coefficient (Wildman–Crippen LogP) is 1.65. The van der Waals surface area contributed by atoms with E-state index in [0.29, 0.717) is 16.3 Å². The number of oxime groups is 1. The van der Waals surface area contributed by atoms with Crippen molar-refractivity contribution >= 4 is 29.3 Å². The minimum Gasteiger partial charge on any atom is -0.462 e. The van der Waals surface area contributed by atoms with Crippen molar-refractivity contribution in [1.82, 2.24) is 5.32 Å². The Morgan fingerprint density at radius 3 is 2.57 bits per heavy atom. The molecule has 44 heavy (non-hydrogen) atoms. The van der Waals surface area contributed by atoms with E-state index in [-0.39, 0.29) is 31.1 Å². The van der Waals surface area contributed by atoms with Gasteiger partial charge in [0.15, 0.2) is 11.6 Å². The van der Waals surface area contributed by atoms with Gasteiger partial charge in [0.05, 0.1) is 17.9 Å². The van der Waals surface area contributed by atoms with E-state index in [1.165, 1.54) is 25.1 Å². The lowest BCUT2D eigenvalue weighted by atomic mass is 9.83. The van der Waals surface area contributed by atoms with Gasteiger partial charge < -0.3 is 49.5 Å². The topological polar surface area (TPSA) is 169 Å². The Labute approximate surface area is 257 Å². The number of rotatable bonds is 9. The van der Waals surface area contributed by atoms with Gasteiger partial charge in [-0.3, -0.25) is 4.79 Å². The zero-order valence-corrected chi connectivity index (χ0v) is 24.6. The van der Waals surface area contributed by atoms with Crippen molar-refractivity contribution < 1.29 is 53.4 Å². The molecule has 1 aliphatic carbocycles. The maximum Gasteiger partial charge on any atom is 0.247 e. The summed E-state index contributed by atoms with van der Waals surface area (Å²) in [4.78, 5) is 18.2. The van der Waals surface area contributed by atoms with Gasteiger partial charge in [-0.25, -0.2) is 4.39 Å². The normalized spacial score (nSPS) is 32.3.